The summed E-state index contributed by atoms with van der Waals surface area (Å²) in [7, 11) is 0. The number of anilines is 3. The summed E-state index contributed by atoms with van der Waals surface area (Å²) in [5, 5.41) is 2.51. The molecule has 1 heterocycles. The molecule has 2 aliphatic rings. The number of hydrogen-bond acceptors (Lipinski definition) is 1. The molecule has 0 N–H and O–H groups in total. The molecule has 14 rings (SSSR count). The lowest BCUT2D eigenvalue weighted by molar-refractivity contribution is 0.793. The molecule has 12 aromatic rings. The van der Waals surface area contributed by atoms with Gasteiger partial charge in [-0.3, -0.25) is 0 Å². The molecule has 0 fully saturated rings. The number of para-hydroxylation sites is 2. The third-order valence-electron chi connectivity index (χ3n) is 14.8. The minimum atomic E-state index is -0.446. The van der Waals surface area contributed by atoms with Crippen LogP contribution in [0, 0.1) is 0 Å². The van der Waals surface area contributed by atoms with Crippen molar-refractivity contribution in [1.82, 2.24) is 4.57 Å². The number of fused-ring (bicyclic) bond motifs is 13. The molecule has 2 aliphatic carbocycles. The average Bonchev–Trinajstić information content (AvgIpc) is 4.03. The van der Waals surface area contributed by atoms with Crippen LogP contribution in [0.3, 0.4) is 0 Å². The monoisotopic (exact) mass is 876 g/mol. The predicted molar refractivity (Wildman–Crippen MR) is 288 cm³/mol. The van der Waals surface area contributed by atoms with E-state index >= 15 is 0 Å². The minimum Gasteiger partial charge on any atom is -0.310 e. The van der Waals surface area contributed by atoms with Gasteiger partial charge in [0.2, 0.25) is 0 Å². The van der Waals surface area contributed by atoms with Crippen LogP contribution in [0.25, 0.3) is 83.1 Å². The summed E-state index contributed by atoms with van der Waals surface area (Å²) in [5.41, 5.74) is 24.1. The first-order valence-corrected chi connectivity index (χ1v) is 23.9. The molecule has 1 spiro atoms. The van der Waals surface area contributed by atoms with E-state index < -0.39 is 5.41 Å². The van der Waals surface area contributed by atoms with Crippen LogP contribution < -0.4 is 4.90 Å². The van der Waals surface area contributed by atoms with Gasteiger partial charge in [-0.2, -0.15) is 0 Å². The largest absolute Gasteiger partial charge is 0.310 e. The van der Waals surface area contributed by atoms with Gasteiger partial charge in [0.1, 0.15) is 0 Å². The van der Waals surface area contributed by atoms with Crippen LogP contribution in [0.2, 0.25) is 0 Å². The van der Waals surface area contributed by atoms with E-state index in [1.807, 2.05) is 0 Å². The highest BCUT2D eigenvalue weighted by molar-refractivity contribution is 6.10. The molecule has 0 bridgehead atoms. The second-order valence-electron chi connectivity index (χ2n) is 18.4. The van der Waals surface area contributed by atoms with Crippen molar-refractivity contribution in [1.29, 1.82) is 0 Å². The minimum absolute atomic E-state index is 0.446. The Kier molecular flexibility index (Phi) is 8.84. The molecule has 0 radical (unpaired) electrons. The summed E-state index contributed by atoms with van der Waals surface area (Å²) in [6.45, 7) is 0. The molecule has 11 aromatic carbocycles. The van der Waals surface area contributed by atoms with Gasteiger partial charge in [0.05, 0.1) is 16.4 Å². The quantitative estimate of drug-likeness (QED) is 0.155. The van der Waals surface area contributed by atoms with Crippen molar-refractivity contribution in [2.75, 3.05) is 4.90 Å². The maximum atomic E-state index is 2.48. The molecule has 2 nitrogen and oxygen atoms in total. The third-order valence-corrected chi connectivity index (χ3v) is 14.8. The first kappa shape index (κ1) is 39.2. The summed E-state index contributed by atoms with van der Waals surface area (Å²) in [4.78, 5) is 2.45. The fourth-order valence-corrected chi connectivity index (χ4v) is 11.8. The molecular weight excluding hydrogens is 833 g/mol. The van der Waals surface area contributed by atoms with E-state index in [1.54, 1.807) is 0 Å². The van der Waals surface area contributed by atoms with E-state index in [0.29, 0.717) is 0 Å². The SMILES string of the molecule is c1ccc(-c2ccc(N(c3cccc(-c4cccc(-c5ccc6c7ccccc7n(-c7ccccc7)c6c5)c4)c3)c3ccc4c(c3)C3(c5ccccc5-c5ccccc53)c3ccccc3-4)cc2)cc1. The fraction of sp³-hybridized carbons (Fsp3) is 0.0149. The molecule has 0 saturated carbocycles. The van der Waals surface area contributed by atoms with Gasteiger partial charge in [0.15, 0.2) is 0 Å². The molecule has 0 saturated heterocycles. The van der Waals surface area contributed by atoms with Crippen LogP contribution in [-0.2, 0) is 5.41 Å². The Morgan fingerprint density at radius 3 is 1.41 bits per heavy atom. The lowest BCUT2D eigenvalue weighted by Gasteiger charge is -2.32. The fourth-order valence-electron chi connectivity index (χ4n) is 11.8. The van der Waals surface area contributed by atoms with Crippen LogP contribution in [0.1, 0.15) is 22.3 Å². The zero-order chi connectivity index (χ0) is 45.5. The number of hydrogen-bond donors (Lipinski definition) is 0. The third kappa shape index (κ3) is 5.99. The van der Waals surface area contributed by atoms with E-state index in [0.717, 1.165) is 28.3 Å². The van der Waals surface area contributed by atoms with Crippen LogP contribution in [-0.4, -0.2) is 4.57 Å². The number of benzene rings is 11. The van der Waals surface area contributed by atoms with Gasteiger partial charge in [-0.05, 0) is 145 Å². The standard InChI is InChI=1S/C67H44N2/c1-3-17-45(18-4-1)46-33-36-52(37-34-46)68(54-38-40-58-57-27-9-13-31-63(57)67(64(58)44-54)61-29-11-7-25-55(61)56-26-8-12-30-62(56)67)53-24-16-21-49(42-53)47-19-15-20-48(41-47)50-35-39-60-59-28-10-14-32-65(59)69(66(60)43-50)51-22-5-2-6-23-51/h1-44H. The average molecular weight is 877 g/mol. The number of aromatic nitrogens is 1. The van der Waals surface area contributed by atoms with Crippen molar-refractivity contribution in [3.05, 3.63) is 289 Å². The summed E-state index contributed by atoms with van der Waals surface area (Å²) in [5.74, 6) is 0. The molecule has 0 aliphatic heterocycles. The van der Waals surface area contributed by atoms with E-state index in [-0.39, 0.29) is 0 Å². The molecule has 69 heavy (non-hydrogen) atoms. The normalized spacial score (nSPS) is 12.8. The maximum Gasteiger partial charge on any atom is 0.0726 e. The number of rotatable bonds is 7. The van der Waals surface area contributed by atoms with Gasteiger partial charge in [-0.15, -0.1) is 0 Å². The van der Waals surface area contributed by atoms with Gasteiger partial charge >= 0.3 is 0 Å². The number of nitrogens with zero attached hydrogens (tertiary/aromatic N) is 2. The van der Waals surface area contributed by atoms with E-state index in [2.05, 4.69) is 276 Å². The van der Waals surface area contributed by atoms with Gasteiger partial charge < -0.3 is 9.47 Å². The topological polar surface area (TPSA) is 8.17 Å². The highest BCUT2D eigenvalue weighted by Crippen LogP contribution is 2.63. The molecule has 0 atom stereocenters. The molecule has 1 aromatic heterocycles. The van der Waals surface area contributed by atoms with Crippen molar-refractivity contribution in [3.8, 4) is 61.3 Å². The van der Waals surface area contributed by atoms with E-state index in [4.69, 9.17) is 0 Å². The van der Waals surface area contributed by atoms with Crippen LogP contribution >= 0.6 is 0 Å². The highest BCUT2D eigenvalue weighted by atomic mass is 15.1. The Morgan fingerprint density at radius 1 is 0.261 bits per heavy atom. The molecule has 0 amide bonds. The van der Waals surface area contributed by atoms with Gasteiger partial charge in [0.25, 0.3) is 0 Å². The van der Waals surface area contributed by atoms with Crippen LogP contribution in [0.15, 0.2) is 267 Å². The maximum absolute atomic E-state index is 2.48. The molecule has 2 heteroatoms. The molecular formula is C67H44N2. The van der Waals surface area contributed by atoms with Crippen molar-refractivity contribution < 1.29 is 0 Å². The highest BCUT2D eigenvalue weighted by Gasteiger charge is 2.51. The van der Waals surface area contributed by atoms with Gasteiger partial charge in [-0.1, -0.05) is 200 Å². The summed E-state index contributed by atoms with van der Waals surface area (Å²) in [6, 6.07) is 98.5. The smallest absolute Gasteiger partial charge is 0.0726 e. The summed E-state index contributed by atoms with van der Waals surface area (Å²) >= 11 is 0. The Morgan fingerprint density at radius 2 is 0.725 bits per heavy atom. The first-order chi connectivity index (χ1) is 34.2. The van der Waals surface area contributed by atoms with Crippen molar-refractivity contribution in [3.63, 3.8) is 0 Å². The lowest BCUT2D eigenvalue weighted by Crippen LogP contribution is -2.26. The zero-order valence-electron chi connectivity index (χ0n) is 37.8. The second-order valence-corrected chi connectivity index (χ2v) is 18.4. The van der Waals surface area contributed by atoms with Crippen molar-refractivity contribution in [2.24, 2.45) is 0 Å². The predicted octanol–water partition coefficient (Wildman–Crippen LogP) is 17.6. The van der Waals surface area contributed by atoms with Gasteiger partial charge in [0, 0.05) is 33.5 Å². The van der Waals surface area contributed by atoms with Crippen LogP contribution in [0.4, 0.5) is 17.1 Å². The first-order valence-electron chi connectivity index (χ1n) is 23.9. The zero-order valence-corrected chi connectivity index (χ0v) is 37.8. The Bertz CT molecular complexity index is 3890. The van der Waals surface area contributed by atoms with E-state index in [1.165, 1.54) is 94.1 Å². The van der Waals surface area contributed by atoms with Crippen molar-refractivity contribution in [2.45, 2.75) is 5.41 Å². The molecule has 0 unspecified atom stereocenters. The Hall–Kier alpha value is -8.98. The van der Waals surface area contributed by atoms with Crippen molar-refractivity contribution >= 4 is 38.9 Å². The Balaban J connectivity index is 0.918. The van der Waals surface area contributed by atoms with Gasteiger partial charge in [-0.25, -0.2) is 0 Å². The summed E-state index contributed by atoms with van der Waals surface area (Å²) in [6.07, 6.45) is 0. The second kappa shape index (κ2) is 15.6. The van der Waals surface area contributed by atoms with Crippen LogP contribution in [0.5, 0.6) is 0 Å². The Labute approximate surface area is 402 Å². The van der Waals surface area contributed by atoms with E-state index in [9.17, 15) is 0 Å². The summed E-state index contributed by atoms with van der Waals surface area (Å²) < 4.78 is 2.40. The lowest BCUT2D eigenvalue weighted by atomic mass is 9.70. The molecule has 322 valence electrons.